The van der Waals surface area contributed by atoms with Crippen LogP contribution in [0.3, 0.4) is 0 Å². The maximum absolute atomic E-state index is 6.25. The molecule has 1 heterocycles. The van der Waals surface area contributed by atoms with E-state index >= 15 is 0 Å². The Morgan fingerprint density at radius 2 is 2.12 bits per heavy atom. The summed E-state index contributed by atoms with van der Waals surface area (Å²) in [4.78, 5) is 1.14. The number of hydrogen-bond acceptors (Lipinski definition) is 3. The Hall–Kier alpha value is -0.390. The fourth-order valence-corrected chi connectivity index (χ4v) is 2.94. The highest BCUT2D eigenvalue weighted by Gasteiger charge is 2.17. The maximum Gasteiger partial charge on any atom is 0.0817 e. The quantitative estimate of drug-likeness (QED) is 0.669. The zero-order valence-corrected chi connectivity index (χ0v) is 11.4. The first-order chi connectivity index (χ1) is 7.74. The molecule has 2 nitrogen and oxygen atoms in total. The van der Waals surface area contributed by atoms with E-state index in [-0.39, 0.29) is 6.04 Å². The number of hydrazine groups is 1. The number of thiophene rings is 1. The molecule has 0 radical (unpaired) electrons. The van der Waals surface area contributed by atoms with Crippen LogP contribution in [-0.2, 0) is 0 Å². The van der Waals surface area contributed by atoms with Gasteiger partial charge in [-0.15, -0.1) is 11.3 Å². The molecule has 0 aliphatic rings. The molecule has 5 heteroatoms. The Morgan fingerprint density at radius 1 is 1.31 bits per heavy atom. The van der Waals surface area contributed by atoms with Crippen LogP contribution in [0.2, 0.25) is 5.02 Å². The summed E-state index contributed by atoms with van der Waals surface area (Å²) in [6, 6.07) is 9.79. The molecule has 0 spiro atoms. The molecular weight excluding hydrogens is 308 g/mol. The Labute approximate surface area is 112 Å². The smallest absolute Gasteiger partial charge is 0.0817 e. The third kappa shape index (κ3) is 2.31. The van der Waals surface area contributed by atoms with Gasteiger partial charge in [-0.05, 0) is 39.0 Å². The Balaban J connectivity index is 2.45. The van der Waals surface area contributed by atoms with E-state index in [1.165, 1.54) is 0 Å². The first kappa shape index (κ1) is 12.1. The van der Waals surface area contributed by atoms with Crippen LogP contribution in [0.25, 0.3) is 0 Å². The molecule has 84 valence electrons. The van der Waals surface area contributed by atoms with Gasteiger partial charge in [-0.25, -0.2) is 5.43 Å². The van der Waals surface area contributed by atoms with Crippen molar-refractivity contribution in [2.24, 2.45) is 5.84 Å². The molecule has 0 saturated heterocycles. The van der Waals surface area contributed by atoms with Crippen LogP contribution in [0.4, 0.5) is 0 Å². The number of nitrogens with one attached hydrogen (secondary N) is 1. The molecule has 0 aliphatic carbocycles. The lowest BCUT2D eigenvalue weighted by atomic mass is 10.1. The Morgan fingerprint density at radius 3 is 2.75 bits per heavy atom. The molecule has 1 aromatic carbocycles. The molecule has 0 amide bonds. The van der Waals surface area contributed by atoms with Crippen LogP contribution < -0.4 is 11.3 Å². The van der Waals surface area contributed by atoms with E-state index in [1.807, 2.05) is 35.7 Å². The van der Waals surface area contributed by atoms with Crippen molar-refractivity contribution in [1.29, 1.82) is 0 Å². The van der Waals surface area contributed by atoms with Gasteiger partial charge in [-0.2, -0.15) is 0 Å². The minimum atomic E-state index is -0.0648. The largest absolute Gasteiger partial charge is 0.271 e. The second kappa shape index (κ2) is 5.29. The molecule has 3 N–H and O–H groups in total. The second-order valence-electron chi connectivity index (χ2n) is 3.26. The Kier molecular flexibility index (Phi) is 4.00. The van der Waals surface area contributed by atoms with Gasteiger partial charge in [0.05, 0.1) is 11.1 Å². The number of benzene rings is 1. The van der Waals surface area contributed by atoms with Crippen molar-refractivity contribution in [2.75, 3.05) is 0 Å². The van der Waals surface area contributed by atoms with E-state index in [2.05, 4.69) is 21.4 Å². The molecule has 1 atom stereocenters. The van der Waals surface area contributed by atoms with Crippen LogP contribution in [0.5, 0.6) is 0 Å². The highest BCUT2D eigenvalue weighted by molar-refractivity contribution is 9.10. The molecule has 0 aliphatic heterocycles. The maximum atomic E-state index is 6.25. The lowest BCUT2D eigenvalue weighted by molar-refractivity contribution is 0.646. The van der Waals surface area contributed by atoms with Crippen LogP contribution in [0, 0.1) is 0 Å². The van der Waals surface area contributed by atoms with Crippen LogP contribution in [0.15, 0.2) is 40.2 Å². The van der Waals surface area contributed by atoms with Gasteiger partial charge < -0.3 is 0 Å². The summed E-state index contributed by atoms with van der Waals surface area (Å²) in [7, 11) is 0. The van der Waals surface area contributed by atoms with Crippen LogP contribution in [0.1, 0.15) is 16.5 Å². The average molecular weight is 318 g/mol. The fraction of sp³-hybridized carbons (Fsp3) is 0.0909. The van der Waals surface area contributed by atoms with Crippen molar-refractivity contribution in [3.05, 3.63) is 55.6 Å². The third-order valence-corrected chi connectivity index (χ3v) is 4.53. The van der Waals surface area contributed by atoms with E-state index < -0.39 is 0 Å². The average Bonchev–Trinajstić information content (AvgIpc) is 2.79. The van der Waals surface area contributed by atoms with Crippen molar-refractivity contribution in [3.63, 3.8) is 0 Å². The summed E-state index contributed by atoms with van der Waals surface area (Å²) in [5, 5.41) is 2.71. The number of hydrogen-bond donors (Lipinski definition) is 2. The van der Waals surface area contributed by atoms with Crippen LogP contribution in [-0.4, -0.2) is 0 Å². The normalized spacial score (nSPS) is 12.7. The standard InChI is InChI=1S/C11H10BrClN2S/c12-8-4-1-3-7(10(8)13)11(15-14)9-5-2-6-16-9/h1-6,11,15H,14H2. The lowest BCUT2D eigenvalue weighted by Crippen LogP contribution is -2.28. The Bertz CT molecular complexity index is 473. The highest BCUT2D eigenvalue weighted by atomic mass is 79.9. The minimum absolute atomic E-state index is 0.0648. The van der Waals surface area contributed by atoms with E-state index in [0.29, 0.717) is 5.02 Å². The second-order valence-corrected chi connectivity index (χ2v) is 5.47. The van der Waals surface area contributed by atoms with Gasteiger partial charge in [-0.3, -0.25) is 5.84 Å². The zero-order chi connectivity index (χ0) is 11.5. The molecule has 0 fully saturated rings. The molecule has 2 aromatic rings. The van der Waals surface area contributed by atoms with E-state index in [1.54, 1.807) is 11.3 Å². The van der Waals surface area contributed by atoms with Gasteiger partial charge in [0.15, 0.2) is 0 Å². The molecule has 1 unspecified atom stereocenters. The van der Waals surface area contributed by atoms with Crippen molar-refractivity contribution in [1.82, 2.24) is 5.43 Å². The van der Waals surface area contributed by atoms with Gasteiger partial charge in [-0.1, -0.05) is 29.8 Å². The number of nitrogens with two attached hydrogens (primary N) is 1. The highest BCUT2D eigenvalue weighted by Crippen LogP contribution is 2.34. The minimum Gasteiger partial charge on any atom is -0.271 e. The van der Waals surface area contributed by atoms with Gasteiger partial charge in [0.1, 0.15) is 0 Å². The topological polar surface area (TPSA) is 38.0 Å². The number of rotatable bonds is 3. The van der Waals surface area contributed by atoms with E-state index in [4.69, 9.17) is 17.4 Å². The van der Waals surface area contributed by atoms with Gasteiger partial charge in [0.2, 0.25) is 0 Å². The van der Waals surface area contributed by atoms with Crippen molar-refractivity contribution < 1.29 is 0 Å². The van der Waals surface area contributed by atoms with E-state index in [0.717, 1.165) is 14.9 Å². The van der Waals surface area contributed by atoms with Gasteiger partial charge >= 0.3 is 0 Å². The fourth-order valence-electron chi connectivity index (χ4n) is 1.52. The summed E-state index contributed by atoms with van der Waals surface area (Å²) in [5.74, 6) is 5.60. The summed E-state index contributed by atoms with van der Waals surface area (Å²) in [5.41, 5.74) is 3.77. The summed E-state index contributed by atoms with van der Waals surface area (Å²) < 4.78 is 0.878. The predicted molar refractivity (Wildman–Crippen MR) is 72.6 cm³/mol. The summed E-state index contributed by atoms with van der Waals surface area (Å²) in [6.45, 7) is 0. The monoisotopic (exact) mass is 316 g/mol. The summed E-state index contributed by atoms with van der Waals surface area (Å²) in [6.07, 6.45) is 0. The third-order valence-electron chi connectivity index (χ3n) is 2.29. The molecular formula is C11H10BrClN2S. The summed E-state index contributed by atoms with van der Waals surface area (Å²) >= 11 is 11.3. The molecule has 2 rings (SSSR count). The number of halogens is 2. The molecule has 16 heavy (non-hydrogen) atoms. The first-order valence-electron chi connectivity index (χ1n) is 4.67. The predicted octanol–water partition coefficient (Wildman–Crippen LogP) is 3.72. The van der Waals surface area contributed by atoms with Crippen molar-refractivity contribution in [2.45, 2.75) is 6.04 Å². The lowest BCUT2D eigenvalue weighted by Gasteiger charge is -2.16. The van der Waals surface area contributed by atoms with Crippen molar-refractivity contribution >= 4 is 38.9 Å². The zero-order valence-electron chi connectivity index (χ0n) is 8.28. The first-order valence-corrected chi connectivity index (χ1v) is 6.72. The molecule has 0 saturated carbocycles. The SMILES string of the molecule is NNC(c1cccs1)c1cccc(Br)c1Cl. The molecule has 0 bridgehead atoms. The molecule has 1 aromatic heterocycles. The van der Waals surface area contributed by atoms with Gasteiger partial charge in [0.25, 0.3) is 0 Å². The van der Waals surface area contributed by atoms with Crippen LogP contribution >= 0.6 is 38.9 Å². The van der Waals surface area contributed by atoms with Gasteiger partial charge in [0, 0.05) is 9.35 Å². The van der Waals surface area contributed by atoms with E-state index in [9.17, 15) is 0 Å². The van der Waals surface area contributed by atoms with Crippen molar-refractivity contribution in [3.8, 4) is 0 Å².